The monoisotopic (exact) mass is 231 g/mol. The van der Waals surface area contributed by atoms with E-state index in [-0.39, 0.29) is 11.8 Å². The Morgan fingerprint density at radius 3 is 2.65 bits per heavy atom. The van der Waals surface area contributed by atoms with E-state index in [0.717, 1.165) is 11.8 Å². The molecule has 0 radical (unpaired) electrons. The minimum absolute atomic E-state index is 0.0736. The molecule has 86 valence electrons. The van der Waals surface area contributed by atoms with E-state index < -0.39 is 5.82 Å². The Bertz CT molecular complexity index is 519. The minimum Gasteiger partial charge on any atom is -0.459 e. The second-order valence-corrected chi connectivity index (χ2v) is 3.66. The molecule has 1 heterocycles. The lowest BCUT2D eigenvalue weighted by Crippen LogP contribution is -2.05. The van der Waals surface area contributed by atoms with Crippen molar-refractivity contribution in [1.29, 1.82) is 0 Å². The Morgan fingerprint density at radius 2 is 2.00 bits per heavy atom. The molecule has 2 aromatic rings. The summed E-state index contributed by atoms with van der Waals surface area (Å²) in [7, 11) is 2.01. The average molecular weight is 231 g/mol. The van der Waals surface area contributed by atoms with Gasteiger partial charge in [0.25, 0.3) is 0 Å². The highest BCUT2D eigenvalue weighted by molar-refractivity contribution is 6.32. The van der Waals surface area contributed by atoms with Crippen LogP contribution in [0.4, 0.5) is 10.2 Å². The molecule has 6 heteroatoms. The van der Waals surface area contributed by atoms with E-state index in [4.69, 9.17) is 10.5 Å². The van der Waals surface area contributed by atoms with Gasteiger partial charge in [-0.25, -0.2) is 9.37 Å². The number of nitrogen functional groups attached to an aromatic ring is 1. The molecule has 0 amide bonds. The van der Waals surface area contributed by atoms with E-state index in [2.05, 4.69) is 9.97 Å². The molecule has 0 aliphatic rings. The Labute approximate surface area is 99.1 Å². The van der Waals surface area contributed by atoms with Gasteiger partial charge in [-0.1, -0.05) is 29.7 Å². The second kappa shape index (κ2) is 4.82. The van der Waals surface area contributed by atoms with Gasteiger partial charge >= 0.3 is 6.01 Å². The van der Waals surface area contributed by atoms with Gasteiger partial charge in [0, 0.05) is 0 Å². The van der Waals surface area contributed by atoms with Crippen molar-refractivity contribution in [1.82, 2.24) is 9.97 Å². The summed E-state index contributed by atoms with van der Waals surface area (Å²) >= 11 is 0. The zero-order valence-corrected chi connectivity index (χ0v) is 9.35. The summed E-state index contributed by atoms with van der Waals surface area (Å²) in [5, 5.41) is 0. The number of halogens is 1. The average Bonchev–Trinajstić information content (AvgIpc) is 2.33. The van der Waals surface area contributed by atoms with Gasteiger partial charge in [0.15, 0.2) is 11.6 Å². The van der Waals surface area contributed by atoms with Crippen LogP contribution in [0, 0.1) is 5.82 Å². The van der Waals surface area contributed by atoms with Gasteiger partial charge < -0.3 is 10.5 Å². The first kappa shape index (κ1) is 11.4. The van der Waals surface area contributed by atoms with E-state index in [1.165, 1.54) is 5.46 Å². The first-order valence-electron chi connectivity index (χ1n) is 5.11. The lowest BCUT2D eigenvalue weighted by atomic mass is 9.95. The van der Waals surface area contributed by atoms with Crippen LogP contribution < -0.4 is 15.9 Å². The molecule has 0 aliphatic carbocycles. The molecule has 0 saturated carbocycles. The van der Waals surface area contributed by atoms with Crippen LogP contribution in [0.15, 0.2) is 30.5 Å². The number of nitrogens with two attached hydrogens (primary N) is 1. The molecule has 0 fully saturated rings. The highest BCUT2D eigenvalue weighted by atomic mass is 19.1. The van der Waals surface area contributed by atoms with Crippen molar-refractivity contribution >= 4 is 19.1 Å². The summed E-state index contributed by atoms with van der Waals surface area (Å²) in [4.78, 5) is 7.36. The second-order valence-electron chi connectivity index (χ2n) is 3.66. The van der Waals surface area contributed by atoms with Gasteiger partial charge in [-0.15, -0.1) is 0 Å². The molecule has 17 heavy (non-hydrogen) atoms. The van der Waals surface area contributed by atoms with Crippen molar-refractivity contribution in [2.75, 3.05) is 5.73 Å². The SMILES string of the molecule is Bc1ccc(COc2ncc(F)c(N)n2)cc1. The molecule has 0 spiro atoms. The zero-order valence-electron chi connectivity index (χ0n) is 9.35. The molecule has 1 aromatic carbocycles. The topological polar surface area (TPSA) is 61.0 Å². The van der Waals surface area contributed by atoms with Gasteiger partial charge in [0.05, 0.1) is 6.20 Å². The largest absolute Gasteiger partial charge is 0.459 e. The summed E-state index contributed by atoms with van der Waals surface area (Å²) in [6.45, 7) is 0.325. The number of ether oxygens (including phenoxy) is 1. The maximum atomic E-state index is 12.8. The standard InChI is InChI=1S/C11H11BFN3O/c12-8-3-1-7(2-4-8)6-17-11-15-5-9(13)10(14)16-11/h1-5H,6,12H2,(H2,14,15,16). The fourth-order valence-electron chi connectivity index (χ4n) is 1.27. The highest BCUT2D eigenvalue weighted by Crippen LogP contribution is 2.10. The van der Waals surface area contributed by atoms with Crippen LogP contribution in [-0.2, 0) is 6.61 Å². The summed E-state index contributed by atoms with van der Waals surface area (Å²) in [6.07, 6.45) is 0.993. The molecule has 2 N–H and O–H groups in total. The van der Waals surface area contributed by atoms with E-state index >= 15 is 0 Å². The number of anilines is 1. The number of benzene rings is 1. The predicted octanol–water partition coefficient (Wildman–Crippen LogP) is 0.0353. The number of aromatic nitrogens is 2. The molecule has 4 nitrogen and oxygen atoms in total. The Balaban J connectivity index is 2.02. The molecule has 2 rings (SSSR count). The van der Waals surface area contributed by atoms with E-state index in [1.54, 1.807) is 0 Å². The predicted molar refractivity (Wildman–Crippen MR) is 65.4 cm³/mol. The van der Waals surface area contributed by atoms with Crippen LogP contribution in [0.25, 0.3) is 0 Å². The third kappa shape index (κ3) is 2.93. The van der Waals surface area contributed by atoms with Gasteiger partial charge in [-0.05, 0) is 5.56 Å². The molecule has 0 aliphatic heterocycles. The lowest BCUT2D eigenvalue weighted by molar-refractivity contribution is 0.280. The summed E-state index contributed by atoms with van der Waals surface area (Å²) in [5.41, 5.74) is 7.47. The molecular weight excluding hydrogens is 220 g/mol. The van der Waals surface area contributed by atoms with Crippen molar-refractivity contribution in [3.05, 3.63) is 41.8 Å². The van der Waals surface area contributed by atoms with Crippen molar-refractivity contribution in [2.45, 2.75) is 6.61 Å². The van der Waals surface area contributed by atoms with Crippen LogP contribution >= 0.6 is 0 Å². The van der Waals surface area contributed by atoms with Crippen LogP contribution in [0.3, 0.4) is 0 Å². The number of rotatable bonds is 3. The minimum atomic E-state index is -0.646. The molecule has 0 bridgehead atoms. The molecule has 0 atom stereocenters. The number of nitrogens with zero attached hydrogens (tertiary/aromatic N) is 2. The van der Waals surface area contributed by atoms with Gasteiger partial charge in [0.1, 0.15) is 14.5 Å². The Kier molecular flexibility index (Phi) is 3.23. The van der Waals surface area contributed by atoms with Gasteiger partial charge in [0.2, 0.25) is 0 Å². The summed E-state index contributed by atoms with van der Waals surface area (Å²) < 4.78 is 18.1. The van der Waals surface area contributed by atoms with Crippen molar-refractivity contribution < 1.29 is 9.13 Å². The van der Waals surface area contributed by atoms with Crippen LogP contribution in [-0.4, -0.2) is 17.8 Å². The molecule has 0 saturated heterocycles. The van der Waals surface area contributed by atoms with Gasteiger partial charge in [-0.2, -0.15) is 4.98 Å². The Hall–Kier alpha value is -2.11. The maximum Gasteiger partial charge on any atom is 0.318 e. The summed E-state index contributed by atoms with van der Waals surface area (Å²) in [5.74, 6) is -0.855. The molecule has 1 aromatic heterocycles. The highest BCUT2D eigenvalue weighted by Gasteiger charge is 2.04. The Morgan fingerprint density at radius 1 is 1.29 bits per heavy atom. The fraction of sp³-hybridized carbons (Fsp3) is 0.0909. The van der Waals surface area contributed by atoms with Crippen LogP contribution in [0.2, 0.25) is 0 Å². The van der Waals surface area contributed by atoms with Crippen LogP contribution in [0.5, 0.6) is 6.01 Å². The number of hydrogen-bond donors (Lipinski definition) is 1. The first-order valence-corrected chi connectivity index (χ1v) is 5.11. The van der Waals surface area contributed by atoms with Gasteiger partial charge in [-0.3, -0.25) is 0 Å². The van der Waals surface area contributed by atoms with Crippen molar-refractivity contribution in [2.24, 2.45) is 0 Å². The lowest BCUT2D eigenvalue weighted by Gasteiger charge is -2.05. The summed E-state index contributed by atoms with van der Waals surface area (Å²) in [6, 6.07) is 7.94. The molecule has 0 unspecified atom stereocenters. The normalized spacial score (nSPS) is 10.2. The van der Waals surface area contributed by atoms with Crippen molar-refractivity contribution in [3.63, 3.8) is 0 Å². The smallest absolute Gasteiger partial charge is 0.318 e. The molecular formula is C11H11BFN3O. The van der Waals surface area contributed by atoms with E-state index in [9.17, 15) is 4.39 Å². The van der Waals surface area contributed by atoms with Crippen molar-refractivity contribution in [3.8, 4) is 6.01 Å². The third-order valence-electron chi connectivity index (χ3n) is 2.24. The quantitative estimate of drug-likeness (QED) is 0.757. The maximum absolute atomic E-state index is 12.8. The fourth-order valence-corrected chi connectivity index (χ4v) is 1.27. The first-order chi connectivity index (χ1) is 8.15. The third-order valence-corrected chi connectivity index (χ3v) is 2.24. The van der Waals surface area contributed by atoms with Crippen LogP contribution in [0.1, 0.15) is 5.56 Å². The zero-order chi connectivity index (χ0) is 12.3. The van der Waals surface area contributed by atoms with E-state index in [1.807, 2.05) is 32.1 Å². The number of hydrogen-bond acceptors (Lipinski definition) is 4. The van der Waals surface area contributed by atoms with E-state index in [0.29, 0.717) is 6.61 Å².